The zero-order valence-corrected chi connectivity index (χ0v) is 12.7. The SMILES string of the molecule is CNC(=O)C1COCCN1C(=O)CC(CN)CC(C)C. The molecule has 0 aromatic carbocycles. The van der Waals surface area contributed by atoms with Gasteiger partial charge in [-0.25, -0.2) is 0 Å². The third-order valence-corrected chi connectivity index (χ3v) is 3.60. The van der Waals surface area contributed by atoms with Gasteiger partial charge in [0.15, 0.2) is 0 Å². The molecule has 0 aromatic rings. The molecule has 0 aromatic heterocycles. The summed E-state index contributed by atoms with van der Waals surface area (Å²) in [7, 11) is 1.57. The van der Waals surface area contributed by atoms with Gasteiger partial charge in [-0.3, -0.25) is 9.59 Å². The van der Waals surface area contributed by atoms with Gasteiger partial charge in [-0.05, 0) is 24.8 Å². The molecule has 20 heavy (non-hydrogen) atoms. The maximum atomic E-state index is 12.4. The summed E-state index contributed by atoms with van der Waals surface area (Å²) < 4.78 is 5.30. The lowest BCUT2D eigenvalue weighted by Crippen LogP contribution is -2.55. The van der Waals surface area contributed by atoms with Crippen LogP contribution in [-0.4, -0.2) is 56.1 Å². The van der Waals surface area contributed by atoms with Crippen LogP contribution in [0.25, 0.3) is 0 Å². The molecule has 0 spiro atoms. The molecule has 1 heterocycles. The first kappa shape index (κ1) is 16.9. The molecule has 1 saturated heterocycles. The third kappa shape index (κ3) is 4.76. The van der Waals surface area contributed by atoms with Crippen molar-refractivity contribution in [3.05, 3.63) is 0 Å². The smallest absolute Gasteiger partial charge is 0.244 e. The maximum absolute atomic E-state index is 12.4. The molecule has 1 aliphatic rings. The van der Waals surface area contributed by atoms with Crippen molar-refractivity contribution in [1.82, 2.24) is 10.2 Å². The van der Waals surface area contributed by atoms with E-state index >= 15 is 0 Å². The molecule has 2 amide bonds. The van der Waals surface area contributed by atoms with Gasteiger partial charge in [-0.15, -0.1) is 0 Å². The molecular weight excluding hydrogens is 258 g/mol. The molecule has 2 atom stereocenters. The number of likely N-dealkylation sites (N-methyl/N-ethyl adjacent to an activating group) is 1. The molecule has 0 bridgehead atoms. The Labute approximate surface area is 121 Å². The van der Waals surface area contributed by atoms with Crippen LogP contribution in [0.3, 0.4) is 0 Å². The monoisotopic (exact) mass is 285 g/mol. The Balaban J connectivity index is 2.64. The summed E-state index contributed by atoms with van der Waals surface area (Å²) in [6.45, 7) is 5.96. The number of morpholine rings is 1. The first-order valence-electron chi connectivity index (χ1n) is 7.28. The number of nitrogens with two attached hydrogens (primary N) is 1. The van der Waals surface area contributed by atoms with Crippen LogP contribution in [0, 0.1) is 11.8 Å². The number of carbonyl (C=O) groups excluding carboxylic acids is 2. The molecule has 1 fully saturated rings. The van der Waals surface area contributed by atoms with Gasteiger partial charge in [0.1, 0.15) is 6.04 Å². The number of hydrogen-bond acceptors (Lipinski definition) is 4. The minimum Gasteiger partial charge on any atom is -0.377 e. The Bertz CT molecular complexity index is 334. The minimum atomic E-state index is -0.515. The average molecular weight is 285 g/mol. The van der Waals surface area contributed by atoms with Crippen LogP contribution in [0.15, 0.2) is 0 Å². The molecule has 3 N–H and O–H groups in total. The average Bonchev–Trinajstić information content (AvgIpc) is 2.45. The highest BCUT2D eigenvalue weighted by Gasteiger charge is 2.32. The zero-order chi connectivity index (χ0) is 15.1. The quantitative estimate of drug-likeness (QED) is 0.718. The van der Waals surface area contributed by atoms with E-state index in [-0.39, 0.29) is 24.3 Å². The van der Waals surface area contributed by atoms with E-state index in [1.165, 1.54) is 0 Å². The number of hydrogen-bond donors (Lipinski definition) is 2. The molecule has 116 valence electrons. The molecule has 0 radical (unpaired) electrons. The Hall–Kier alpha value is -1.14. The van der Waals surface area contributed by atoms with Crippen molar-refractivity contribution in [2.45, 2.75) is 32.7 Å². The highest BCUT2D eigenvalue weighted by Crippen LogP contribution is 2.18. The van der Waals surface area contributed by atoms with Gasteiger partial charge in [0.05, 0.1) is 13.2 Å². The van der Waals surface area contributed by atoms with Gasteiger partial charge in [-0.1, -0.05) is 13.8 Å². The van der Waals surface area contributed by atoms with E-state index in [0.717, 1.165) is 6.42 Å². The van der Waals surface area contributed by atoms with E-state index < -0.39 is 6.04 Å². The number of rotatable bonds is 6. The minimum absolute atomic E-state index is 0.00185. The van der Waals surface area contributed by atoms with E-state index in [4.69, 9.17) is 10.5 Å². The fourth-order valence-corrected chi connectivity index (χ4v) is 2.58. The van der Waals surface area contributed by atoms with Crippen LogP contribution in [-0.2, 0) is 14.3 Å². The number of amides is 2. The van der Waals surface area contributed by atoms with Crippen molar-refractivity contribution >= 4 is 11.8 Å². The molecule has 1 rings (SSSR count). The van der Waals surface area contributed by atoms with Gasteiger partial charge in [-0.2, -0.15) is 0 Å². The number of nitrogens with zero attached hydrogens (tertiary/aromatic N) is 1. The van der Waals surface area contributed by atoms with Gasteiger partial charge in [0.25, 0.3) is 0 Å². The van der Waals surface area contributed by atoms with Crippen LogP contribution in [0.5, 0.6) is 0 Å². The van der Waals surface area contributed by atoms with Crippen molar-refractivity contribution in [3.8, 4) is 0 Å². The summed E-state index contributed by atoms with van der Waals surface area (Å²) in [4.78, 5) is 25.8. The second-order valence-corrected chi connectivity index (χ2v) is 5.73. The first-order valence-corrected chi connectivity index (χ1v) is 7.28. The number of nitrogens with one attached hydrogen (secondary N) is 1. The Kier molecular flexibility index (Phi) is 6.95. The Morgan fingerprint density at radius 2 is 2.15 bits per heavy atom. The largest absolute Gasteiger partial charge is 0.377 e. The van der Waals surface area contributed by atoms with Crippen LogP contribution >= 0.6 is 0 Å². The lowest BCUT2D eigenvalue weighted by molar-refractivity contribution is -0.149. The maximum Gasteiger partial charge on any atom is 0.244 e. The van der Waals surface area contributed by atoms with Gasteiger partial charge in [0, 0.05) is 20.0 Å². The highest BCUT2D eigenvalue weighted by atomic mass is 16.5. The lowest BCUT2D eigenvalue weighted by atomic mass is 9.93. The van der Waals surface area contributed by atoms with Gasteiger partial charge >= 0.3 is 0 Å². The van der Waals surface area contributed by atoms with Gasteiger partial charge < -0.3 is 20.7 Å². The van der Waals surface area contributed by atoms with E-state index in [1.54, 1.807) is 11.9 Å². The van der Waals surface area contributed by atoms with Crippen molar-refractivity contribution in [3.63, 3.8) is 0 Å². The van der Waals surface area contributed by atoms with Crippen LogP contribution in [0.4, 0.5) is 0 Å². The molecule has 0 aliphatic carbocycles. The summed E-state index contributed by atoms with van der Waals surface area (Å²) in [6.07, 6.45) is 1.33. The second kappa shape index (κ2) is 8.21. The number of carbonyl (C=O) groups is 2. The number of ether oxygens (including phenoxy) is 1. The molecule has 1 aliphatic heterocycles. The van der Waals surface area contributed by atoms with Crippen molar-refractivity contribution in [1.29, 1.82) is 0 Å². The van der Waals surface area contributed by atoms with Crippen LogP contribution < -0.4 is 11.1 Å². The van der Waals surface area contributed by atoms with Crippen LogP contribution in [0.2, 0.25) is 0 Å². The van der Waals surface area contributed by atoms with Crippen molar-refractivity contribution in [2.75, 3.05) is 33.4 Å². The second-order valence-electron chi connectivity index (χ2n) is 5.73. The van der Waals surface area contributed by atoms with E-state index in [0.29, 0.717) is 32.0 Å². The third-order valence-electron chi connectivity index (χ3n) is 3.60. The zero-order valence-electron chi connectivity index (χ0n) is 12.7. The summed E-state index contributed by atoms with van der Waals surface area (Å²) in [5, 5.41) is 2.58. The predicted octanol–water partition coefficient (Wildman–Crippen LogP) is -0.0291. The topological polar surface area (TPSA) is 84.7 Å². The fraction of sp³-hybridized carbons (Fsp3) is 0.857. The van der Waals surface area contributed by atoms with E-state index in [2.05, 4.69) is 19.2 Å². The molecular formula is C14H27N3O3. The standard InChI is InChI=1S/C14H27N3O3/c1-10(2)6-11(8-15)7-13(18)17-4-5-20-9-12(17)14(19)16-3/h10-12H,4-9,15H2,1-3H3,(H,16,19). The lowest BCUT2D eigenvalue weighted by Gasteiger charge is -2.35. The first-order chi connectivity index (χ1) is 9.49. The normalized spacial score (nSPS) is 20.9. The van der Waals surface area contributed by atoms with Crippen molar-refractivity contribution < 1.29 is 14.3 Å². The summed E-state index contributed by atoms with van der Waals surface area (Å²) >= 11 is 0. The molecule has 6 nitrogen and oxygen atoms in total. The summed E-state index contributed by atoms with van der Waals surface area (Å²) in [6, 6.07) is -0.515. The highest BCUT2D eigenvalue weighted by molar-refractivity contribution is 5.87. The molecule has 6 heteroatoms. The van der Waals surface area contributed by atoms with Crippen molar-refractivity contribution in [2.24, 2.45) is 17.6 Å². The molecule has 2 unspecified atom stereocenters. The Morgan fingerprint density at radius 1 is 1.45 bits per heavy atom. The Morgan fingerprint density at radius 3 is 2.70 bits per heavy atom. The van der Waals surface area contributed by atoms with Crippen LogP contribution in [0.1, 0.15) is 26.7 Å². The van der Waals surface area contributed by atoms with E-state index in [1.807, 2.05) is 0 Å². The van der Waals surface area contributed by atoms with Gasteiger partial charge in [0.2, 0.25) is 11.8 Å². The fourth-order valence-electron chi connectivity index (χ4n) is 2.58. The summed E-state index contributed by atoms with van der Waals surface area (Å²) in [5.41, 5.74) is 5.74. The summed E-state index contributed by atoms with van der Waals surface area (Å²) in [5.74, 6) is 0.510. The van der Waals surface area contributed by atoms with E-state index in [9.17, 15) is 9.59 Å². The predicted molar refractivity (Wildman–Crippen MR) is 77.0 cm³/mol. The molecule has 0 saturated carbocycles.